The lowest BCUT2D eigenvalue weighted by atomic mass is 9.69. The largest absolute Gasteiger partial charge is 0.396 e. The highest BCUT2D eigenvalue weighted by atomic mass is 16.5. The second-order valence-electron chi connectivity index (χ2n) is 5.18. The van der Waals surface area contributed by atoms with Gasteiger partial charge in [-0.25, -0.2) is 0 Å². The summed E-state index contributed by atoms with van der Waals surface area (Å²) in [5, 5.41) is 9.72. The number of methoxy groups -OCH3 is 1. The van der Waals surface area contributed by atoms with Crippen molar-refractivity contribution in [1.29, 1.82) is 0 Å². The molecule has 0 aliphatic heterocycles. The summed E-state index contributed by atoms with van der Waals surface area (Å²) >= 11 is 0. The van der Waals surface area contributed by atoms with Crippen LogP contribution in [-0.2, 0) is 4.74 Å². The van der Waals surface area contributed by atoms with Gasteiger partial charge in [0.1, 0.15) is 0 Å². The summed E-state index contributed by atoms with van der Waals surface area (Å²) in [5.74, 6) is 0. The number of aliphatic hydroxyl groups excluding tert-OH is 1. The molecule has 0 atom stereocenters. The van der Waals surface area contributed by atoms with Crippen LogP contribution in [0.2, 0.25) is 0 Å². The second-order valence-corrected chi connectivity index (χ2v) is 5.18. The summed E-state index contributed by atoms with van der Waals surface area (Å²) in [6.45, 7) is 6.21. The Labute approximate surface area is 105 Å². The zero-order valence-electron chi connectivity index (χ0n) is 11.2. The van der Waals surface area contributed by atoms with Gasteiger partial charge in [0.2, 0.25) is 0 Å². The number of hydrogen-bond acceptors (Lipinski definition) is 2. The molecule has 1 rings (SSSR count). The molecule has 1 aliphatic carbocycles. The van der Waals surface area contributed by atoms with Crippen LogP contribution in [-0.4, -0.2) is 24.9 Å². The molecule has 0 unspecified atom stereocenters. The fourth-order valence-corrected chi connectivity index (χ4v) is 2.78. The van der Waals surface area contributed by atoms with E-state index in [1.807, 2.05) is 6.08 Å². The first-order chi connectivity index (χ1) is 8.19. The Balaban J connectivity index is 2.64. The maximum absolute atomic E-state index is 9.72. The molecule has 0 spiro atoms. The number of hydrogen-bond donors (Lipinski definition) is 1. The third-order valence-corrected chi connectivity index (χ3v) is 4.07. The Morgan fingerprint density at radius 2 is 2.12 bits per heavy atom. The van der Waals surface area contributed by atoms with Gasteiger partial charge in [0, 0.05) is 13.7 Å². The molecule has 1 N–H and O–H groups in total. The summed E-state index contributed by atoms with van der Waals surface area (Å²) in [7, 11) is 1.78. The lowest BCUT2D eigenvalue weighted by Gasteiger charge is -2.39. The zero-order valence-corrected chi connectivity index (χ0v) is 11.2. The van der Waals surface area contributed by atoms with Gasteiger partial charge in [0.05, 0.1) is 6.10 Å². The number of rotatable bonds is 6. The summed E-state index contributed by atoms with van der Waals surface area (Å²) in [4.78, 5) is 0. The third kappa shape index (κ3) is 3.97. The zero-order chi connectivity index (χ0) is 12.7. The van der Waals surface area contributed by atoms with Gasteiger partial charge in [0.25, 0.3) is 0 Å². The fourth-order valence-electron chi connectivity index (χ4n) is 2.78. The Bertz CT molecular complexity index is 260. The van der Waals surface area contributed by atoms with Gasteiger partial charge >= 0.3 is 0 Å². The van der Waals surface area contributed by atoms with Crippen LogP contribution in [0, 0.1) is 5.41 Å². The second kappa shape index (κ2) is 6.97. The van der Waals surface area contributed by atoms with Crippen molar-refractivity contribution < 1.29 is 9.84 Å². The first kappa shape index (κ1) is 14.5. The van der Waals surface area contributed by atoms with Crippen molar-refractivity contribution >= 4 is 0 Å². The van der Waals surface area contributed by atoms with E-state index < -0.39 is 0 Å². The summed E-state index contributed by atoms with van der Waals surface area (Å²) in [5.41, 5.74) is 1.48. The van der Waals surface area contributed by atoms with Crippen LogP contribution in [0.1, 0.15) is 45.4 Å². The molecular weight excluding hydrogens is 212 g/mol. The summed E-state index contributed by atoms with van der Waals surface area (Å²) in [6, 6.07) is 0. The van der Waals surface area contributed by atoms with Crippen molar-refractivity contribution in [3.63, 3.8) is 0 Å². The highest BCUT2D eigenvalue weighted by molar-refractivity contribution is 5.12. The molecule has 2 heteroatoms. The van der Waals surface area contributed by atoms with Gasteiger partial charge in [-0.3, -0.25) is 0 Å². The first-order valence-electron chi connectivity index (χ1n) is 6.64. The molecule has 0 bridgehead atoms. The van der Waals surface area contributed by atoms with Crippen molar-refractivity contribution in [2.45, 2.75) is 51.6 Å². The Kier molecular flexibility index (Phi) is 5.93. The van der Waals surface area contributed by atoms with Gasteiger partial charge in [-0.2, -0.15) is 0 Å². The topological polar surface area (TPSA) is 29.5 Å². The predicted octanol–water partition coefficient (Wildman–Crippen LogP) is 3.47. The Morgan fingerprint density at radius 1 is 1.47 bits per heavy atom. The van der Waals surface area contributed by atoms with Gasteiger partial charge in [-0.15, -0.1) is 0 Å². The SMILES string of the molecule is C=C/C=C(\CC)CC1(CO)CCC(OC)CC1. The lowest BCUT2D eigenvalue weighted by Crippen LogP contribution is -2.34. The molecule has 0 saturated heterocycles. The molecule has 0 aromatic heterocycles. The highest BCUT2D eigenvalue weighted by Gasteiger charge is 2.35. The van der Waals surface area contributed by atoms with E-state index in [1.165, 1.54) is 5.57 Å². The number of aliphatic hydroxyl groups is 1. The minimum Gasteiger partial charge on any atom is -0.396 e. The molecule has 0 amide bonds. The highest BCUT2D eigenvalue weighted by Crippen LogP contribution is 2.42. The molecule has 98 valence electrons. The average molecular weight is 238 g/mol. The van der Waals surface area contributed by atoms with Crippen molar-refractivity contribution in [2.24, 2.45) is 5.41 Å². The van der Waals surface area contributed by atoms with Gasteiger partial charge < -0.3 is 9.84 Å². The normalized spacial score (nSPS) is 30.3. The molecule has 0 aromatic carbocycles. The van der Waals surface area contributed by atoms with E-state index in [0.717, 1.165) is 38.5 Å². The van der Waals surface area contributed by atoms with Crippen molar-refractivity contribution in [3.05, 3.63) is 24.3 Å². The standard InChI is InChI=1S/C15H26O2/c1-4-6-13(5-2)11-15(12-16)9-7-14(17-3)8-10-15/h4,6,14,16H,1,5,7-12H2,2-3H3/b13-6+. The maximum atomic E-state index is 9.72. The van der Waals surface area contributed by atoms with Crippen LogP contribution in [0.15, 0.2) is 24.3 Å². The van der Waals surface area contributed by atoms with Crippen molar-refractivity contribution in [3.8, 4) is 0 Å². The Hall–Kier alpha value is -0.600. The fraction of sp³-hybridized carbons (Fsp3) is 0.733. The van der Waals surface area contributed by atoms with Crippen LogP contribution in [0.5, 0.6) is 0 Å². The van der Waals surface area contributed by atoms with Crippen LogP contribution < -0.4 is 0 Å². The summed E-state index contributed by atoms with van der Waals surface area (Å²) in [6.07, 6.45) is 10.7. The molecule has 0 aromatic rings. The van der Waals surface area contributed by atoms with Crippen LogP contribution in [0.4, 0.5) is 0 Å². The quantitative estimate of drug-likeness (QED) is 0.718. The number of allylic oxidation sites excluding steroid dienone is 3. The molecule has 0 radical (unpaired) electrons. The van der Waals surface area contributed by atoms with E-state index in [1.54, 1.807) is 7.11 Å². The minimum absolute atomic E-state index is 0.0832. The van der Waals surface area contributed by atoms with Crippen LogP contribution in [0.25, 0.3) is 0 Å². The Morgan fingerprint density at radius 3 is 2.53 bits per heavy atom. The molecule has 17 heavy (non-hydrogen) atoms. The average Bonchev–Trinajstić information content (AvgIpc) is 2.39. The molecule has 1 fully saturated rings. The number of ether oxygens (including phenoxy) is 1. The van der Waals surface area contributed by atoms with E-state index in [-0.39, 0.29) is 12.0 Å². The van der Waals surface area contributed by atoms with E-state index in [0.29, 0.717) is 6.10 Å². The van der Waals surface area contributed by atoms with Crippen LogP contribution >= 0.6 is 0 Å². The molecule has 1 aliphatic rings. The van der Waals surface area contributed by atoms with Gasteiger partial charge in [-0.05, 0) is 43.9 Å². The molecule has 1 saturated carbocycles. The smallest absolute Gasteiger partial charge is 0.0571 e. The van der Waals surface area contributed by atoms with Crippen LogP contribution in [0.3, 0.4) is 0 Å². The molecular formula is C15H26O2. The third-order valence-electron chi connectivity index (χ3n) is 4.07. The van der Waals surface area contributed by atoms with E-state index >= 15 is 0 Å². The van der Waals surface area contributed by atoms with Crippen molar-refractivity contribution in [1.82, 2.24) is 0 Å². The lowest BCUT2D eigenvalue weighted by molar-refractivity contribution is 0.00153. The van der Waals surface area contributed by atoms with Crippen molar-refractivity contribution in [2.75, 3.05) is 13.7 Å². The molecule has 2 nitrogen and oxygen atoms in total. The van der Waals surface area contributed by atoms with Gasteiger partial charge in [0.15, 0.2) is 0 Å². The maximum Gasteiger partial charge on any atom is 0.0571 e. The van der Waals surface area contributed by atoms with E-state index in [4.69, 9.17) is 4.74 Å². The van der Waals surface area contributed by atoms with E-state index in [2.05, 4.69) is 19.6 Å². The summed E-state index contributed by atoms with van der Waals surface area (Å²) < 4.78 is 5.40. The minimum atomic E-state index is 0.0832. The van der Waals surface area contributed by atoms with Gasteiger partial charge in [-0.1, -0.05) is 31.2 Å². The molecule has 0 heterocycles. The van der Waals surface area contributed by atoms with E-state index in [9.17, 15) is 5.11 Å². The monoisotopic (exact) mass is 238 g/mol. The first-order valence-corrected chi connectivity index (χ1v) is 6.64. The predicted molar refractivity (Wildman–Crippen MR) is 72.0 cm³/mol.